The van der Waals surface area contributed by atoms with E-state index in [1.54, 1.807) is 0 Å². The fraction of sp³-hybridized carbons (Fsp3) is 0.409. The fourth-order valence-corrected chi connectivity index (χ4v) is 4.16. The molecule has 0 bridgehead atoms. The van der Waals surface area contributed by atoms with Gasteiger partial charge in [0.2, 0.25) is 0 Å². The molecule has 4 heteroatoms. The Balaban J connectivity index is 1.32. The number of hydrogen-bond donors (Lipinski definition) is 1. The number of aryl methyl sites for hydroxylation is 1. The second kappa shape index (κ2) is 7.40. The molecule has 1 heterocycles. The summed E-state index contributed by atoms with van der Waals surface area (Å²) in [5.74, 6) is 0.983. The van der Waals surface area contributed by atoms with Gasteiger partial charge < -0.3 is 10.1 Å². The molecule has 1 aliphatic heterocycles. The zero-order chi connectivity index (χ0) is 17.9. The number of rotatable bonds is 4. The number of urea groups is 1. The predicted molar refractivity (Wildman–Crippen MR) is 104 cm³/mol. The molecular weight excluding hydrogens is 324 g/mol. The third-order valence-electron chi connectivity index (χ3n) is 5.41. The van der Waals surface area contributed by atoms with Gasteiger partial charge in [0.25, 0.3) is 0 Å². The Bertz CT molecular complexity index is 802. The molecule has 0 fully saturated rings. The summed E-state index contributed by atoms with van der Waals surface area (Å²) in [7, 11) is 0. The molecule has 0 radical (unpaired) electrons. The normalized spacial score (nSPS) is 18.2. The van der Waals surface area contributed by atoms with Gasteiger partial charge in [0.05, 0.1) is 6.54 Å². The maximum atomic E-state index is 12.6. The van der Waals surface area contributed by atoms with Crippen molar-refractivity contribution in [1.82, 2.24) is 5.32 Å². The molecule has 4 rings (SSSR count). The molecule has 136 valence electrons. The highest BCUT2D eigenvalue weighted by atomic mass is 16.5. The van der Waals surface area contributed by atoms with Crippen LogP contribution in [0.3, 0.4) is 0 Å². The number of para-hydroxylation sites is 1. The summed E-state index contributed by atoms with van der Waals surface area (Å²) in [5.41, 5.74) is 5.03. The topological polar surface area (TPSA) is 41.6 Å². The maximum absolute atomic E-state index is 12.6. The van der Waals surface area contributed by atoms with E-state index in [1.807, 2.05) is 29.2 Å². The predicted octanol–water partition coefficient (Wildman–Crippen LogP) is 4.11. The summed E-state index contributed by atoms with van der Waals surface area (Å²) < 4.78 is 5.98. The quantitative estimate of drug-likeness (QED) is 0.843. The zero-order valence-corrected chi connectivity index (χ0v) is 15.3. The minimum absolute atomic E-state index is 0.0406. The molecule has 0 spiro atoms. The Morgan fingerprint density at radius 2 is 1.92 bits per heavy atom. The van der Waals surface area contributed by atoms with E-state index in [9.17, 15) is 4.79 Å². The van der Waals surface area contributed by atoms with E-state index in [4.69, 9.17) is 4.74 Å². The van der Waals surface area contributed by atoms with Crippen LogP contribution < -0.4 is 15.0 Å². The first-order valence-corrected chi connectivity index (χ1v) is 9.62. The SMILES string of the molecule is CC1Cc2ccccc2N1C(=O)NCCOc1cccc2c1CCCC2. The molecule has 1 atom stereocenters. The molecule has 2 aromatic rings. The third kappa shape index (κ3) is 3.28. The van der Waals surface area contributed by atoms with Crippen LogP contribution in [-0.2, 0) is 19.3 Å². The van der Waals surface area contributed by atoms with Gasteiger partial charge in [0, 0.05) is 11.7 Å². The first kappa shape index (κ1) is 17.0. The first-order chi connectivity index (χ1) is 12.7. The van der Waals surface area contributed by atoms with Crippen LogP contribution >= 0.6 is 0 Å². The van der Waals surface area contributed by atoms with Crippen molar-refractivity contribution in [2.75, 3.05) is 18.1 Å². The average molecular weight is 350 g/mol. The van der Waals surface area contributed by atoms with E-state index >= 15 is 0 Å². The van der Waals surface area contributed by atoms with Crippen molar-refractivity contribution in [1.29, 1.82) is 0 Å². The van der Waals surface area contributed by atoms with Crippen molar-refractivity contribution in [3.8, 4) is 5.75 Å². The van der Waals surface area contributed by atoms with Crippen molar-refractivity contribution < 1.29 is 9.53 Å². The van der Waals surface area contributed by atoms with Crippen molar-refractivity contribution >= 4 is 11.7 Å². The number of fused-ring (bicyclic) bond motifs is 2. The molecule has 0 aromatic heterocycles. The van der Waals surface area contributed by atoms with Crippen LogP contribution in [0.4, 0.5) is 10.5 Å². The Morgan fingerprint density at radius 1 is 1.12 bits per heavy atom. The Morgan fingerprint density at radius 3 is 2.85 bits per heavy atom. The second-order valence-corrected chi connectivity index (χ2v) is 7.23. The summed E-state index contributed by atoms with van der Waals surface area (Å²) in [5, 5.41) is 3.01. The van der Waals surface area contributed by atoms with Gasteiger partial charge in [-0.2, -0.15) is 0 Å². The largest absolute Gasteiger partial charge is 0.491 e. The van der Waals surface area contributed by atoms with Crippen LogP contribution in [0.15, 0.2) is 42.5 Å². The Hall–Kier alpha value is -2.49. The number of nitrogens with one attached hydrogen (secondary N) is 1. The number of carbonyl (C=O) groups is 1. The van der Waals surface area contributed by atoms with E-state index in [0.717, 1.165) is 30.7 Å². The summed E-state index contributed by atoms with van der Waals surface area (Å²) >= 11 is 0. The number of nitrogens with zero attached hydrogens (tertiary/aromatic N) is 1. The lowest BCUT2D eigenvalue weighted by Crippen LogP contribution is -2.44. The molecule has 1 N–H and O–H groups in total. The lowest BCUT2D eigenvalue weighted by Gasteiger charge is -2.23. The number of ether oxygens (including phenoxy) is 1. The Labute approximate surface area is 155 Å². The van der Waals surface area contributed by atoms with Crippen LogP contribution in [-0.4, -0.2) is 25.2 Å². The highest BCUT2D eigenvalue weighted by Crippen LogP contribution is 2.32. The van der Waals surface area contributed by atoms with E-state index in [2.05, 4.69) is 30.4 Å². The minimum atomic E-state index is -0.0406. The van der Waals surface area contributed by atoms with Crippen LogP contribution in [0.25, 0.3) is 0 Å². The molecule has 2 aromatic carbocycles. The van der Waals surface area contributed by atoms with E-state index in [1.165, 1.54) is 29.5 Å². The molecule has 26 heavy (non-hydrogen) atoms. The third-order valence-corrected chi connectivity index (χ3v) is 5.41. The standard InChI is InChI=1S/C22H26N2O2/c1-16-15-18-8-3-5-11-20(18)24(16)22(25)23-13-14-26-21-12-6-9-17-7-2-4-10-19(17)21/h3,5-6,8-9,11-12,16H,2,4,7,10,13-15H2,1H3,(H,23,25). The summed E-state index contributed by atoms with van der Waals surface area (Å²) in [4.78, 5) is 14.5. The van der Waals surface area contributed by atoms with Gasteiger partial charge in [0.1, 0.15) is 12.4 Å². The first-order valence-electron chi connectivity index (χ1n) is 9.62. The minimum Gasteiger partial charge on any atom is -0.491 e. The molecular formula is C22H26N2O2. The van der Waals surface area contributed by atoms with Crippen molar-refractivity contribution in [2.45, 2.75) is 45.1 Å². The molecule has 2 amide bonds. The van der Waals surface area contributed by atoms with Crippen molar-refractivity contribution in [2.24, 2.45) is 0 Å². The number of benzene rings is 2. The van der Waals surface area contributed by atoms with Crippen LogP contribution in [0, 0.1) is 0 Å². The molecule has 0 saturated heterocycles. The van der Waals surface area contributed by atoms with Crippen LogP contribution in [0.5, 0.6) is 5.75 Å². The summed E-state index contributed by atoms with van der Waals surface area (Å²) in [6, 6.07) is 14.6. The van der Waals surface area contributed by atoms with Gasteiger partial charge >= 0.3 is 6.03 Å². The van der Waals surface area contributed by atoms with Gasteiger partial charge in [-0.25, -0.2) is 4.79 Å². The van der Waals surface area contributed by atoms with E-state index < -0.39 is 0 Å². The smallest absolute Gasteiger partial charge is 0.322 e. The lowest BCUT2D eigenvalue weighted by molar-refractivity contribution is 0.240. The molecule has 0 saturated carbocycles. The molecule has 1 unspecified atom stereocenters. The summed E-state index contributed by atoms with van der Waals surface area (Å²) in [6.45, 7) is 3.09. The Kier molecular flexibility index (Phi) is 4.83. The lowest BCUT2D eigenvalue weighted by atomic mass is 9.91. The fourth-order valence-electron chi connectivity index (χ4n) is 4.16. The zero-order valence-electron chi connectivity index (χ0n) is 15.3. The summed E-state index contributed by atoms with van der Waals surface area (Å²) in [6.07, 6.45) is 5.66. The van der Waals surface area contributed by atoms with E-state index in [-0.39, 0.29) is 12.1 Å². The van der Waals surface area contributed by atoms with Gasteiger partial charge in [-0.1, -0.05) is 30.3 Å². The average Bonchev–Trinajstić information content (AvgIpc) is 3.01. The molecule has 4 nitrogen and oxygen atoms in total. The van der Waals surface area contributed by atoms with Crippen LogP contribution in [0.1, 0.15) is 36.5 Å². The van der Waals surface area contributed by atoms with Gasteiger partial charge in [0.15, 0.2) is 0 Å². The van der Waals surface area contributed by atoms with Gasteiger partial charge in [-0.05, 0) is 67.9 Å². The second-order valence-electron chi connectivity index (χ2n) is 7.23. The number of carbonyl (C=O) groups excluding carboxylic acids is 1. The number of amides is 2. The molecule has 1 aliphatic carbocycles. The molecule has 2 aliphatic rings. The van der Waals surface area contributed by atoms with E-state index in [0.29, 0.717) is 13.2 Å². The highest BCUT2D eigenvalue weighted by Gasteiger charge is 2.30. The monoisotopic (exact) mass is 350 g/mol. The number of hydrogen-bond acceptors (Lipinski definition) is 2. The number of anilines is 1. The highest BCUT2D eigenvalue weighted by molar-refractivity contribution is 5.94. The van der Waals surface area contributed by atoms with Crippen LogP contribution in [0.2, 0.25) is 0 Å². The van der Waals surface area contributed by atoms with Crippen molar-refractivity contribution in [3.63, 3.8) is 0 Å². The maximum Gasteiger partial charge on any atom is 0.322 e. The van der Waals surface area contributed by atoms with Crippen molar-refractivity contribution in [3.05, 3.63) is 59.2 Å². The van der Waals surface area contributed by atoms with Gasteiger partial charge in [-0.15, -0.1) is 0 Å². The van der Waals surface area contributed by atoms with Gasteiger partial charge in [-0.3, -0.25) is 4.90 Å².